The average molecular weight is 375 g/mol. The van der Waals surface area contributed by atoms with Crippen molar-refractivity contribution in [3.8, 4) is 0 Å². The summed E-state index contributed by atoms with van der Waals surface area (Å²) >= 11 is 0. The zero-order valence-electron chi connectivity index (χ0n) is 13.8. The third kappa shape index (κ3) is 2.66. The van der Waals surface area contributed by atoms with Gasteiger partial charge in [-0.1, -0.05) is 82.6 Å². The molecule has 0 N–H and O–H groups in total. The van der Waals surface area contributed by atoms with Crippen LogP contribution in [0.1, 0.15) is 32.8 Å². The van der Waals surface area contributed by atoms with E-state index in [1.807, 2.05) is 0 Å². The van der Waals surface area contributed by atoms with Crippen molar-refractivity contribution in [3.05, 3.63) is 92.2 Å². The van der Waals surface area contributed by atoms with Gasteiger partial charge in [-0.15, -0.1) is 34.6 Å². The second-order valence-corrected chi connectivity index (χ2v) is 6.40. The number of hydrogen-bond acceptors (Lipinski definition) is 0. The van der Waals surface area contributed by atoms with Crippen molar-refractivity contribution in [3.63, 3.8) is 0 Å². The molecule has 0 heterocycles. The number of allylic oxidation sites excluding steroid dienone is 4. The molecule has 0 fully saturated rings. The third-order valence-corrected chi connectivity index (χ3v) is 4.59. The molecule has 0 aliphatic heterocycles. The van der Waals surface area contributed by atoms with Gasteiger partial charge in [0.15, 0.2) is 0 Å². The monoisotopic (exact) mass is 373 g/mol. The van der Waals surface area contributed by atoms with Gasteiger partial charge < -0.3 is 0 Å². The van der Waals surface area contributed by atoms with E-state index in [-0.39, 0.29) is 26.2 Å². The number of benzene rings is 2. The molecule has 112 valence electrons. The van der Waals surface area contributed by atoms with Crippen molar-refractivity contribution >= 4 is 11.1 Å². The van der Waals surface area contributed by atoms with Gasteiger partial charge in [0.25, 0.3) is 0 Å². The second-order valence-electron chi connectivity index (χ2n) is 6.40. The Morgan fingerprint density at radius 2 is 1.70 bits per heavy atom. The van der Waals surface area contributed by atoms with Crippen molar-refractivity contribution in [2.24, 2.45) is 0 Å². The van der Waals surface area contributed by atoms with Crippen LogP contribution in [0, 0.1) is 16.5 Å². The van der Waals surface area contributed by atoms with E-state index in [0.29, 0.717) is 0 Å². The van der Waals surface area contributed by atoms with Gasteiger partial charge in [-0.3, -0.25) is 0 Å². The topological polar surface area (TPSA) is 0 Å². The zero-order valence-corrected chi connectivity index (χ0v) is 16.3. The standard InChI is InChI=1S/C22H19.Zr/c1-14(2)16-10-11-19-18-6-4-5-7-20(18)22(21(19)13-16)17-9-8-15(3)12-17;/h4-8,10-12H,9H2,1-3H3;/q-1;. The Kier molecular flexibility index (Phi) is 4.43. The van der Waals surface area contributed by atoms with E-state index in [0.717, 1.165) is 6.42 Å². The minimum Gasteiger partial charge on any atom is -0.132 e. The zero-order chi connectivity index (χ0) is 15.3. The summed E-state index contributed by atoms with van der Waals surface area (Å²) < 4.78 is 0. The number of rotatable bonds is 1. The third-order valence-electron chi connectivity index (χ3n) is 4.59. The van der Waals surface area contributed by atoms with Gasteiger partial charge in [-0.2, -0.15) is 0 Å². The predicted molar refractivity (Wildman–Crippen MR) is 92.4 cm³/mol. The quantitative estimate of drug-likeness (QED) is 0.667. The summed E-state index contributed by atoms with van der Waals surface area (Å²) in [4.78, 5) is 0. The van der Waals surface area contributed by atoms with Gasteiger partial charge in [0.2, 0.25) is 0 Å². The maximum atomic E-state index is 3.68. The van der Waals surface area contributed by atoms with E-state index in [1.165, 1.54) is 48.7 Å². The molecule has 0 atom stereocenters. The maximum Gasteiger partial charge on any atom is 0 e. The summed E-state index contributed by atoms with van der Waals surface area (Å²) in [5, 5.41) is 5.23. The molecule has 0 saturated carbocycles. The molecule has 4 rings (SSSR count). The Bertz CT molecular complexity index is 1060. The molecule has 0 unspecified atom stereocenters. The normalized spacial score (nSPS) is 14.7. The smallest absolute Gasteiger partial charge is 0 e. The summed E-state index contributed by atoms with van der Waals surface area (Å²) in [6, 6.07) is 16.9. The fourth-order valence-corrected chi connectivity index (χ4v) is 3.45. The molecule has 0 bridgehead atoms. The summed E-state index contributed by atoms with van der Waals surface area (Å²) in [5.74, 6) is 0. The van der Waals surface area contributed by atoms with Gasteiger partial charge >= 0.3 is 0 Å². The van der Waals surface area contributed by atoms with Gasteiger partial charge in [0.05, 0.1) is 0 Å². The van der Waals surface area contributed by atoms with Crippen LogP contribution >= 0.6 is 0 Å². The Hall–Kier alpha value is -1.46. The SMILES string of the molecule is CC1=CCC(C2=c3ccccc3=c3ccc(=C(C)C)[c-]c32)=C1.[Zr]. The van der Waals surface area contributed by atoms with Crippen LogP contribution < -0.4 is 10.4 Å². The Labute approximate surface area is 156 Å². The minimum absolute atomic E-state index is 0. The summed E-state index contributed by atoms with van der Waals surface area (Å²) in [6.45, 7) is 6.49. The van der Waals surface area contributed by atoms with Gasteiger partial charge in [-0.25, -0.2) is 0 Å². The van der Waals surface area contributed by atoms with E-state index in [2.05, 4.69) is 75.4 Å². The predicted octanol–water partition coefficient (Wildman–Crippen LogP) is 3.75. The Morgan fingerprint density at radius 1 is 0.957 bits per heavy atom. The van der Waals surface area contributed by atoms with Crippen LogP contribution in [0.2, 0.25) is 0 Å². The molecule has 0 nitrogen and oxygen atoms in total. The Morgan fingerprint density at radius 3 is 2.35 bits per heavy atom. The molecule has 2 aliphatic rings. The molecule has 0 aromatic heterocycles. The summed E-state index contributed by atoms with van der Waals surface area (Å²) in [7, 11) is 0. The van der Waals surface area contributed by atoms with E-state index in [4.69, 9.17) is 0 Å². The summed E-state index contributed by atoms with van der Waals surface area (Å²) in [6.07, 6.45) is 5.66. The van der Waals surface area contributed by atoms with E-state index < -0.39 is 0 Å². The van der Waals surface area contributed by atoms with Crippen LogP contribution in [0.25, 0.3) is 11.1 Å². The molecule has 2 aromatic carbocycles. The van der Waals surface area contributed by atoms with Crippen molar-refractivity contribution in [1.29, 1.82) is 0 Å². The Balaban J connectivity index is 0.00000156. The molecular weight excluding hydrogens is 355 g/mol. The first-order valence-electron chi connectivity index (χ1n) is 7.87. The van der Waals surface area contributed by atoms with E-state index >= 15 is 0 Å². The van der Waals surface area contributed by atoms with Crippen molar-refractivity contribution in [2.45, 2.75) is 27.2 Å². The summed E-state index contributed by atoms with van der Waals surface area (Å²) in [5.41, 5.74) is 6.75. The van der Waals surface area contributed by atoms with Gasteiger partial charge in [-0.05, 0) is 13.3 Å². The van der Waals surface area contributed by atoms with Crippen molar-refractivity contribution < 1.29 is 26.2 Å². The molecule has 2 aromatic rings. The first kappa shape index (κ1) is 16.4. The molecule has 2 aliphatic carbocycles. The number of fused-ring (bicyclic) bond motifs is 2. The van der Waals surface area contributed by atoms with E-state index in [1.54, 1.807) is 0 Å². The van der Waals surface area contributed by atoms with Gasteiger partial charge in [0.1, 0.15) is 0 Å². The molecule has 0 saturated heterocycles. The first-order chi connectivity index (χ1) is 10.6. The van der Waals surface area contributed by atoms with E-state index in [9.17, 15) is 0 Å². The molecule has 1 heteroatoms. The van der Waals surface area contributed by atoms with Crippen molar-refractivity contribution in [2.75, 3.05) is 0 Å². The van der Waals surface area contributed by atoms with Gasteiger partial charge in [0, 0.05) is 26.2 Å². The van der Waals surface area contributed by atoms with Crippen LogP contribution in [0.5, 0.6) is 0 Å². The largest absolute Gasteiger partial charge is 0.132 e. The fraction of sp³-hybridized carbons (Fsp3) is 0.182. The molecule has 0 spiro atoms. The molecule has 0 radical (unpaired) electrons. The van der Waals surface area contributed by atoms with Crippen LogP contribution in [0.4, 0.5) is 0 Å². The molecule has 0 amide bonds. The van der Waals surface area contributed by atoms with Crippen LogP contribution in [0.15, 0.2) is 59.7 Å². The molecule has 23 heavy (non-hydrogen) atoms. The molecular formula is C22H19Zr-. The fourth-order valence-electron chi connectivity index (χ4n) is 3.45. The first-order valence-corrected chi connectivity index (χ1v) is 7.87. The maximum absolute atomic E-state index is 3.68. The van der Waals surface area contributed by atoms with Crippen LogP contribution in [-0.2, 0) is 26.2 Å². The van der Waals surface area contributed by atoms with Crippen LogP contribution in [0.3, 0.4) is 0 Å². The van der Waals surface area contributed by atoms with Crippen LogP contribution in [-0.4, -0.2) is 0 Å². The number of hydrogen-bond donors (Lipinski definition) is 0. The minimum atomic E-state index is 0. The van der Waals surface area contributed by atoms with Crippen molar-refractivity contribution in [1.82, 2.24) is 0 Å². The average Bonchev–Trinajstić information content (AvgIpc) is 3.07. The second kappa shape index (κ2) is 6.21.